The van der Waals surface area contributed by atoms with Crippen molar-refractivity contribution in [3.63, 3.8) is 0 Å². The van der Waals surface area contributed by atoms with E-state index in [0.29, 0.717) is 0 Å². The van der Waals surface area contributed by atoms with Gasteiger partial charge in [-0.2, -0.15) is 0 Å². The van der Waals surface area contributed by atoms with E-state index in [1.807, 2.05) is 0 Å². The molecule has 5 aromatic carbocycles. The summed E-state index contributed by atoms with van der Waals surface area (Å²) in [5, 5.41) is 2.36. The van der Waals surface area contributed by atoms with Crippen molar-refractivity contribution < 1.29 is 28.5 Å². The molecule has 49 heavy (non-hydrogen) atoms. The topological polar surface area (TPSA) is 71.1 Å². The summed E-state index contributed by atoms with van der Waals surface area (Å²) in [5.41, 5.74) is 10.3. The molecule has 5 aromatic rings. The third kappa shape index (κ3) is 6.11. The zero-order chi connectivity index (χ0) is 34.7. The van der Waals surface area contributed by atoms with Crippen LogP contribution in [0.15, 0.2) is 110 Å². The third-order valence-electron chi connectivity index (χ3n) is 9.18. The third-order valence-corrected chi connectivity index (χ3v) is 9.18. The molecule has 1 aliphatic carbocycles. The molecule has 0 unspecified atom stereocenters. The van der Waals surface area contributed by atoms with Gasteiger partial charge in [0.1, 0.15) is 37.9 Å². The SMILES string of the molecule is C=CC(=O)OCCOc1c(C)cc(C2(c3cc(C)c(OCCOC(=O)C=C)c(C)c3)c3ccccc3-c3cc4ccccc4cc32)cc1C. The minimum atomic E-state index is -0.656. The van der Waals surface area contributed by atoms with Crippen LogP contribution in [0.3, 0.4) is 0 Å². The first kappa shape index (κ1) is 33.3. The number of carbonyl (C=O) groups excluding carboxylic acids is 2. The number of fused-ring (bicyclic) bond motifs is 4. The Hall–Kier alpha value is -5.62. The Balaban J connectivity index is 1.53. The van der Waals surface area contributed by atoms with Crippen molar-refractivity contribution in [2.45, 2.75) is 33.1 Å². The van der Waals surface area contributed by atoms with Crippen molar-refractivity contribution in [2.24, 2.45) is 0 Å². The molecule has 0 N–H and O–H groups in total. The zero-order valence-electron chi connectivity index (χ0n) is 28.4. The summed E-state index contributed by atoms with van der Waals surface area (Å²) in [7, 11) is 0. The van der Waals surface area contributed by atoms with E-state index >= 15 is 0 Å². The molecule has 0 fully saturated rings. The highest BCUT2D eigenvalue weighted by molar-refractivity contribution is 5.96. The summed E-state index contributed by atoms with van der Waals surface area (Å²) >= 11 is 0. The lowest BCUT2D eigenvalue weighted by Gasteiger charge is -2.35. The predicted molar refractivity (Wildman–Crippen MR) is 194 cm³/mol. The maximum absolute atomic E-state index is 11.5. The molecule has 1 aliphatic rings. The van der Waals surface area contributed by atoms with Crippen LogP contribution in [-0.4, -0.2) is 38.4 Å². The van der Waals surface area contributed by atoms with Gasteiger partial charge in [0, 0.05) is 12.2 Å². The molecule has 248 valence electrons. The molecule has 0 saturated heterocycles. The van der Waals surface area contributed by atoms with E-state index in [1.165, 1.54) is 33.0 Å². The van der Waals surface area contributed by atoms with Crippen LogP contribution in [0.5, 0.6) is 11.5 Å². The Morgan fingerprint density at radius 1 is 0.571 bits per heavy atom. The first-order valence-electron chi connectivity index (χ1n) is 16.4. The van der Waals surface area contributed by atoms with Crippen LogP contribution in [-0.2, 0) is 24.5 Å². The van der Waals surface area contributed by atoms with Gasteiger partial charge < -0.3 is 18.9 Å². The predicted octanol–water partition coefficient (Wildman–Crippen LogP) is 8.65. The van der Waals surface area contributed by atoms with E-state index in [0.717, 1.165) is 57.0 Å². The number of ether oxygens (including phenoxy) is 4. The second-order valence-corrected chi connectivity index (χ2v) is 12.4. The summed E-state index contributed by atoms with van der Waals surface area (Å²) < 4.78 is 22.6. The number of rotatable bonds is 12. The molecule has 0 heterocycles. The van der Waals surface area contributed by atoms with E-state index in [4.69, 9.17) is 18.9 Å². The molecule has 0 saturated carbocycles. The van der Waals surface area contributed by atoms with Crippen LogP contribution in [0.25, 0.3) is 21.9 Å². The van der Waals surface area contributed by atoms with Crippen molar-refractivity contribution in [1.82, 2.24) is 0 Å². The fourth-order valence-electron chi connectivity index (χ4n) is 7.23. The largest absolute Gasteiger partial charge is 0.489 e. The molecular weight excluding hydrogens is 612 g/mol. The second kappa shape index (κ2) is 13.9. The standard InChI is InChI=1S/C43H40O6/c1-7-39(44)46-17-19-48-41-27(3)21-33(22-28(41)4)43(34-23-29(5)42(30(6)24-34)49-20-18-47-40(45)8-2)37-16-12-11-15-35(37)36-25-31-13-9-10-14-32(31)26-38(36)43/h7-16,21-26H,1-2,17-20H2,3-6H3. The maximum Gasteiger partial charge on any atom is 0.330 e. The number of esters is 2. The van der Waals surface area contributed by atoms with Gasteiger partial charge in [0.25, 0.3) is 0 Å². The van der Waals surface area contributed by atoms with Gasteiger partial charge in [-0.05, 0) is 106 Å². The van der Waals surface area contributed by atoms with Gasteiger partial charge in [-0.25, -0.2) is 9.59 Å². The Kier molecular flexibility index (Phi) is 9.41. The average molecular weight is 653 g/mol. The Morgan fingerprint density at radius 2 is 1.02 bits per heavy atom. The summed E-state index contributed by atoms with van der Waals surface area (Å²) in [6.07, 6.45) is 2.29. The van der Waals surface area contributed by atoms with E-state index < -0.39 is 17.4 Å². The normalized spacial score (nSPS) is 12.5. The van der Waals surface area contributed by atoms with Gasteiger partial charge in [-0.3, -0.25) is 0 Å². The fraction of sp³-hybridized carbons (Fsp3) is 0.209. The average Bonchev–Trinajstić information content (AvgIpc) is 3.38. The van der Waals surface area contributed by atoms with Gasteiger partial charge in [-0.1, -0.05) is 86.0 Å². The quantitative estimate of drug-likeness (QED) is 0.0749. The van der Waals surface area contributed by atoms with Crippen molar-refractivity contribution >= 4 is 22.7 Å². The molecule has 0 bridgehead atoms. The molecule has 0 aliphatic heterocycles. The van der Waals surface area contributed by atoms with Crippen molar-refractivity contribution in [2.75, 3.05) is 26.4 Å². The van der Waals surface area contributed by atoms with Crippen LogP contribution < -0.4 is 9.47 Å². The Morgan fingerprint density at radius 3 is 1.51 bits per heavy atom. The minimum Gasteiger partial charge on any atom is -0.489 e. The molecule has 0 amide bonds. The summed E-state index contributed by atoms with van der Waals surface area (Å²) in [5.74, 6) is 0.593. The molecule has 0 radical (unpaired) electrons. The van der Waals surface area contributed by atoms with Crippen molar-refractivity contribution in [1.29, 1.82) is 0 Å². The van der Waals surface area contributed by atoms with Gasteiger partial charge in [0.2, 0.25) is 0 Å². The highest BCUT2D eigenvalue weighted by Crippen LogP contribution is 2.58. The maximum atomic E-state index is 11.5. The lowest BCUT2D eigenvalue weighted by Crippen LogP contribution is -2.29. The van der Waals surface area contributed by atoms with Crippen LogP contribution in [0.4, 0.5) is 0 Å². The van der Waals surface area contributed by atoms with E-state index in [2.05, 4.69) is 126 Å². The first-order valence-corrected chi connectivity index (χ1v) is 16.4. The van der Waals surface area contributed by atoms with Crippen molar-refractivity contribution in [3.05, 3.63) is 155 Å². The number of aryl methyl sites for hydroxylation is 4. The van der Waals surface area contributed by atoms with Gasteiger partial charge in [0.05, 0.1) is 5.41 Å². The van der Waals surface area contributed by atoms with Gasteiger partial charge in [0.15, 0.2) is 0 Å². The summed E-state index contributed by atoms with van der Waals surface area (Å²) in [6, 6.07) is 30.7. The molecule has 6 rings (SSSR count). The van der Waals surface area contributed by atoms with Crippen molar-refractivity contribution in [3.8, 4) is 22.6 Å². The monoisotopic (exact) mass is 652 g/mol. The zero-order valence-corrected chi connectivity index (χ0v) is 28.4. The van der Waals surface area contributed by atoms with Crippen LogP contribution >= 0.6 is 0 Å². The van der Waals surface area contributed by atoms with Gasteiger partial charge >= 0.3 is 11.9 Å². The first-order chi connectivity index (χ1) is 23.7. The Labute approximate surface area is 287 Å². The lowest BCUT2D eigenvalue weighted by atomic mass is 9.66. The number of hydrogen-bond donors (Lipinski definition) is 0. The number of hydrogen-bond acceptors (Lipinski definition) is 6. The van der Waals surface area contributed by atoms with E-state index in [1.54, 1.807) is 0 Å². The van der Waals surface area contributed by atoms with Crippen LogP contribution in [0.2, 0.25) is 0 Å². The van der Waals surface area contributed by atoms with Crippen LogP contribution in [0.1, 0.15) is 44.5 Å². The second-order valence-electron chi connectivity index (χ2n) is 12.4. The fourth-order valence-corrected chi connectivity index (χ4v) is 7.23. The Bertz CT molecular complexity index is 1980. The molecule has 0 aromatic heterocycles. The number of carbonyl (C=O) groups is 2. The summed E-state index contributed by atoms with van der Waals surface area (Å²) in [4.78, 5) is 23.1. The van der Waals surface area contributed by atoms with Crippen LogP contribution in [0, 0.1) is 27.7 Å². The molecular formula is C43H40O6. The van der Waals surface area contributed by atoms with Gasteiger partial charge in [-0.15, -0.1) is 0 Å². The van der Waals surface area contributed by atoms with E-state index in [-0.39, 0.29) is 26.4 Å². The molecule has 6 nitrogen and oxygen atoms in total. The minimum absolute atomic E-state index is 0.132. The highest BCUT2D eigenvalue weighted by Gasteiger charge is 2.47. The highest BCUT2D eigenvalue weighted by atomic mass is 16.6. The molecule has 0 atom stereocenters. The number of benzene rings is 5. The van der Waals surface area contributed by atoms with E-state index in [9.17, 15) is 9.59 Å². The molecule has 6 heteroatoms. The lowest BCUT2D eigenvalue weighted by molar-refractivity contribution is -0.139. The summed E-state index contributed by atoms with van der Waals surface area (Å²) in [6.45, 7) is 15.9. The smallest absolute Gasteiger partial charge is 0.330 e. The molecule has 0 spiro atoms.